The van der Waals surface area contributed by atoms with Crippen LogP contribution < -0.4 is 4.80 Å². The number of furan rings is 1. The molecule has 2 aromatic heterocycles. The van der Waals surface area contributed by atoms with Gasteiger partial charge in [0, 0.05) is 16.9 Å². The monoisotopic (exact) mass is 345 g/mol. The molecule has 6 heteroatoms. The van der Waals surface area contributed by atoms with Crippen molar-refractivity contribution in [3.8, 4) is 11.3 Å². The summed E-state index contributed by atoms with van der Waals surface area (Å²) in [5.41, 5.74) is 2.97. The first-order chi connectivity index (χ1) is 11.2. The van der Waals surface area contributed by atoms with Gasteiger partial charge in [-0.15, -0.1) is 21.5 Å². The van der Waals surface area contributed by atoms with Crippen LogP contribution in [0.3, 0.4) is 0 Å². The molecule has 0 amide bonds. The molecule has 0 saturated heterocycles. The molecule has 0 atom stereocenters. The SMILES string of the molecule is CCn1c(-c2ccc(Cl)cc2)cs/c1=N\N=C(\C)c1ccco1. The second-order valence-electron chi connectivity index (χ2n) is 4.92. The zero-order valence-corrected chi connectivity index (χ0v) is 14.4. The van der Waals surface area contributed by atoms with Crippen molar-refractivity contribution in [3.63, 3.8) is 0 Å². The molecule has 3 rings (SSSR count). The predicted octanol–water partition coefficient (Wildman–Crippen LogP) is 4.81. The quantitative estimate of drug-likeness (QED) is 0.494. The molecule has 2 heterocycles. The van der Waals surface area contributed by atoms with Gasteiger partial charge in [0.1, 0.15) is 11.5 Å². The standard InChI is InChI=1S/C17H16ClN3OS/c1-3-21-15(13-6-8-14(18)9-7-13)11-23-17(21)20-19-12(2)16-5-4-10-22-16/h4-11H,3H2,1-2H3/b19-12-,20-17-. The van der Waals surface area contributed by atoms with Gasteiger partial charge in [-0.2, -0.15) is 0 Å². The fourth-order valence-corrected chi connectivity index (χ4v) is 3.27. The van der Waals surface area contributed by atoms with E-state index in [0.717, 1.165) is 39.1 Å². The van der Waals surface area contributed by atoms with E-state index >= 15 is 0 Å². The minimum Gasteiger partial charge on any atom is -0.463 e. The molecule has 4 nitrogen and oxygen atoms in total. The second-order valence-corrected chi connectivity index (χ2v) is 6.19. The molecule has 0 spiro atoms. The van der Waals surface area contributed by atoms with E-state index in [0.29, 0.717) is 0 Å². The van der Waals surface area contributed by atoms with Gasteiger partial charge in [0.05, 0.1) is 12.0 Å². The Morgan fingerprint density at radius 2 is 2.04 bits per heavy atom. The molecule has 1 aromatic carbocycles. The maximum Gasteiger partial charge on any atom is 0.211 e. The largest absolute Gasteiger partial charge is 0.463 e. The molecule has 23 heavy (non-hydrogen) atoms. The minimum atomic E-state index is 0.728. The molecule has 0 aliphatic heterocycles. The Kier molecular flexibility index (Phi) is 4.79. The van der Waals surface area contributed by atoms with Gasteiger partial charge in [0.25, 0.3) is 0 Å². The van der Waals surface area contributed by atoms with Gasteiger partial charge >= 0.3 is 0 Å². The fourth-order valence-electron chi connectivity index (χ4n) is 2.22. The topological polar surface area (TPSA) is 42.8 Å². The van der Waals surface area contributed by atoms with Crippen molar-refractivity contribution >= 4 is 28.6 Å². The average Bonchev–Trinajstić information content (AvgIpc) is 3.22. The second kappa shape index (κ2) is 6.98. The summed E-state index contributed by atoms with van der Waals surface area (Å²) in [6.45, 7) is 4.79. The lowest BCUT2D eigenvalue weighted by atomic mass is 10.2. The number of aromatic nitrogens is 1. The van der Waals surface area contributed by atoms with Gasteiger partial charge in [-0.1, -0.05) is 23.7 Å². The Labute approximate surface area is 143 Å². The number of nitrogens with zero attached hydrogens (tertiary/aromatic N) is 3. The predicted molar refractivity (Wildman–Crippen MR) is 94.9 cm³/mol. The highest BCUT2D eigenvalue weighted by Crippen LogP contribution is 2.22. The summed E-state index contributed by atoms with van der Waals surface area (Å²) in [4.78, 5) is 0.850. The third-order valence-electron chi connectivity index (χ3n) is 3.42. The first-order valence-corrected chi connectivity index (χ1v) is 8.51. The van der Waals surface area contributed by atoms with Crippen molar-refractivity contribution in [2.75, 3.05) is 0 Å². The Hall–Kier alpha value is -2.11. The van der Waals surface area contributed by atoms with Crippen LogP contribution in [0.4, 0.5) is 0 Å². The van der Waals surface area contributed by atoms with Gasteiger partial charge in [0.15, 0.2) is 0 Å². The lowest BCUT2D eigenvalue weighted by Crippen LogP contribution is -2.14. The molecule has 0 N–H and O–H groups in total. The molecule has 0 unspecified atom stereocenters. The highest BCUT2D eigenvalue weighted by molar-refractivity contribution is 7.07. The number of benzene rings is 1. The van der Waals surface area contributed by atoms with Crippen molar-refractivity contribution < 1.29 is 4.42 Å². The molecule has 0 radical (unpaired) electrons. The lowest BCUT2D eigenvalue weighted by molar-refractivity contribution is 0.557. The van der Waals surface area contributed by atoms with Gasteiger partial charge in [0.2, 0.25) is 4.80 Å². The number of thiazole rings is 1. The maximum absolute atomic E-state index is 5.96. The number of rotatable bonds is 4. The summed E-state index contributed by atoms with van der Waals surface area (Å²) in [6, 6.07) is 11.5. The molecular formula is C17H16ClN3OS. The van der Waals surface area contributed by atoms with E-state index in [4.69, 9.17) is 16.0 Å². The summed E-state index contributed by atoms with van der Waals surface area (Å²) < 4.78 is 7.45. The molecule has 0 saturated carbocycles. The van der Waals surface area contributed by atoms with Gasteiger partial charge < -0.3 is 8.98 Å². The summed E-state index contributed by atoms with van der Waals surface area (Å²) in [6.07, 6.45) is 1.63. The Balaban J connectivity index is 1.99. The fraction of sp³-hybridized carbons (Fsp3) is 0.176. The molecular weight excluding hydrogens is 330 g/mol. The third kappa shape index (κ3) is 3.46. The average molecular weight is 346 g/mol. The molecule has 0 aliphatic carbocycles. The number of hydrogen-bond acceptors (Lipinski definition) is 4. The van der Waals surface area contributed by atoms with Gasteiger partial charge in [-0.25, -0.2) is 0 Å². The molecule has 118 valence electrons. The van der Waals surface area contributed by atoms with Crippen LogP contribution >= 0.6 is 22.9 Å². The molecule has 0 bridgehead atoms. The summed E-state index contributed by atoms with van der Waals surface area (Å²) in [7, 11) is 0. The number of halogens is 1. The third-order valence-corrected chi connectivity index (χ3v) is 4.52. The van der Waals surface area contributed by atoms with Gasteiger partial charge in [-0.05, 0) is 43.7 Å². The van der Waals surface area contributed by atoms with Crippen molar-refractivity contribution in [1.29, 1.82) is 0 Å². The van der Waals surface area contributed by atoms with E-state index < -0.39 is 0 Å². The Bertz CT molecular complexity index is 873. The zero-order valence-electron chi connectivity index (χ0n) is 12.9. The molecule has 0 aliphatic rings. The lowest BCUT2D eigenvalue weighted by Gasteiger charge is -2.05. The van der Waals surface area contributed by atoms with E-state index in [1.165, 1.54) is 0 Å². The van der Waals surface area contributed by atoms with Crippen LogP contribution in [-0.2, 0) is 6.54 Å². The Morgan fingerprint density at radius 1 is 1.26 bits per heavy atom. The number of hydrogen-bond donors (Lipinski definition) is 0. The highest BCUT2D eigenvalue weighted by Gasteiger charge is 2.07. The van der Waals surface area contributed by atoms with E-state index in [9.17, 15) is 0 Å². The van der Waals surface area contributed by atoms with Crippen LogP contribution in [0.5, 0.6) is 0 Å². The highest BCUT2D eigenvalue weighted by atomic mass is 35.5. The minimum absolute atomic E-state index is 0.728. The summed E-state index contributed by atoms with van der Waals surface area (Å²) in [5, 5.41) is 11.5. The smallest absolute Gasteiger partial charge is 0.211 e. The van der Waals surface area contributed by atoms with Crippen LogP contribution in [-0.4, -0.2) is 10.3 Å². The summed E-state index contributed by atoms with van der Waals surface area (Å²) >= 11 is 7.53. The van der Waals surface area contributed by atoms with Crippen LogP contribution in [0.25, 0.3) is 11.3 Å². The first kappa shape index (κ1) is 15.8. The van der Waals surface area contributed by atoms with E-state index in [1.54, 1.807) is 17.6 Å². The zero-order chi connectivity index (χ0) is 16.2. The van der Waals surface area contributed by atoms with Crippen molar-refractivity contribution in [3.05, 3.63) is 63.6 Å². The molecule has 0 fully saturated rings. The van der Waals surface area contributed by atoms with Crippen LogP contribution in [0, 0.1) is 0 Å². The van der Waals surface area contributed by atoms with Crippen LogP contribution in [0.2, 0.25) is 5.02 Å². The van der Waals surface area contributed by atoms with E-state index in [2.05, 4.69) is 27.1 Å². The van der Waals surface area contributed by atoms with Crippen LogP contribution in [0.15, 0.2) is 62.7 Å². The van der Waals surface area contributed by atoms with Crippen molar-refractivity contribution in [2.45, 2.75) is 20.4 Å². The van der Waals surface area contributed by atoms with Crippen molar-refractivity contribution in [2.24, 2.45) is 10.2 Å². The van der Waals surface area contributed by atoms with E-state index in [1.807, 2.05) is 43.3 Å². The Morgan fingerprint density at radius 3 is 2.70 bits per heavy atom. The van der Waals surface area contributed by atoms with Crippen molar-refractivity contribution in [1.82, 2.24) is 4.57 Å². The maximum atomic E-state index is 5.96. The van der Waals surface area contributed by atoms with Gasteiger partial charge in [-0.3, -0.25) is 0 Å². The van der Waals surface area contributed by atoms with Crippen LogP contribution in [0.1, 0.15) is 19.6 Å². The molecule has 3 aromatic rings. The van der Waals surface area contributed by atoms with E-state index in [-0.39, 0.29) is 0 Å². The summed E-state index contributed by atoms with van der Waals surface area (Å²) in [5.74, 6) is 0.728. The first-order valence-electron chi connectivity index (χ1n) is 7.25. The normalized spacial score (nSPS) is 12.8.